The predicted octanol–water partition coefficient (Wildman–Crippen LogP) is 1.29. The molecular formula is C18H26N6O4. The number of nitrogens with zero attached hydrogens (tertiary/aromatic N) is 5. The lowest BCUT2D eigenvalue weighted by Crippen LogP contribution is -2.53. The number of aliphatic imine (C=N–C) groups is 1. The molecule has 1 saturated heterocycles. The summed E-state index contributed by atoms with van der Waals surface area (Å²) in [6, 6.07) is 3.40. The average molecular weight is 390 g/mol. The molecule has 10 heteroatoms. The number of carbonyl (C=O) groups excluding carboxylic acids is 1. The molecule has 1 fully saturated rings. The Hall–Kier alpha value is -2.88. The van der Waals surface area contributed by atoms with Gasteiger partial charge in [-0.2, -0.15) is 4.98 Å². The lowest BCUT2D eigenvalue weighted by Gasteiger charge is -2.36. The lowest BCUT2D eigenvalue weighted by atomic mass is 10.3. The van der Waals surface area contributed by atoms with Crippen LogP contribution in [0.2, 0.25) is 0 Å². The van der Waals surface area contributed by atoms with E-state index in [1.165, 1.54) is 6.26 Å². The number of ether oxygens (including phenoxy) is 1. The molecule has 1 atom stereocenters. The van der Waals surface area contributed by atoms with Crippen LogP contribution in [0.25, 0.3) is 0 Å². The highest BCUT2D eigenvalue weighted by Gasteiger charge is 2.25. The minimum absolute atomic E-state index is 0.0885. The summed E-state index contributed by atoms with van der Waals surface area (Å²) in [5.74, 6) is 1.99. The number of nitrogens with one attached hydrogen (secondary N) is 1. The van der Waals surface area contributed by atoms with Gasteiger partial charge >= 0.3 is 0 Å². The van der Waals surface area contributed by atoms with Gasteiger partial charge in [-0.1, -0.05) is 5.16 Å². The van der Waals surface area contributed by atoms with Crippen molar-refractivity contribution in [3.8, 4) is 0 Å². The number of guanidine groups is 1. The summed E-state index contributed by atoms with van der Waals surface area (Å²) in [7, 11) is 1.72. The van der Waals surface area contributed by atoms with Crippen LogP contribution in [0.4, 0.5) is 0 Å². The summed E-state index contributed by atoms with van der Waals surface area (Å²) in [5, 5.41) is 7.18. The van der Waals surface area contributed by atoms with Gasteiger partial charge in [0.25, 0.3) is 5.91 Å². The molecule has 0 saturated carbocycles. The molecule has 0 radical (unpaired) electrons. The lowest BCUT2D eigenvalue weighted by molar-refractivity contribution is 0.0657. The van der Waals surface area contributed by atoms with Crippen molar-refractivity contribution in [3.05, 3.63) is 35.9 Å². The zero-order valence-corrected chi connectivity index (χ0v) is 16.4. The van der Waals surface area contributed by atoms with Crippen molar-refractivity contribution < 1.29 is 18.5 Å². The fourth-order valence-corrected chi connectivity index (χ4v) is 2.99. The van der Waals surface area contributed by atoms with Gasteiger partial charge in [-0.25, -0.2) is 0 Å². The van der Waals surface area contributed by atoms with Gasteiger partial charge in [0.1, 0.15) is 6.10 Å². The molecule has 152 valence electrons. The molecule has 1 aliphatic rings. The third-order valence-corrected chi connectivity index (χ3v) is 4.47. The average Bonchev–Trinajstić information content (AvgIpc) is 3.41. The fraction of sp³-hybridized carbons (Fsp3) is 0.556. The van der Waals surface area contributed by atoms with Crippen LogP contribution in [0.15, 0.2) is 32.3 Å². The Morgan fingerprint density at radius 1 is 1.36 bits per heavy atom. The van der Waals surface area contributed by atoms with Crippen molar-refractivity contribution >= 4 is 11.9 Å². The van der Waals surface area contributed by atoms with E-state index in [2.05, 4.69) is 25.3 Å². The molecule has 0 aliphatic carbocycles. The second kappa shape index (κ2) is 9.36. The molecule has 0 bridgehead atoms. The van der Waals surface area contributed by atoms with Crippen LogP contribution in [0.1, 0.15) is 42.2 Å². The van der Waals surface area contributed by atoms with E-state index in [9.17, 15) is 4.79 Å². The quantitative estimate of drug-likeness (QED) is 0.581. The summed E-state index contributed by atoms with van der Waals surface area (Å²) in [5.41, 5.74) is 0. The van der Waals surface area contributed by atoms with Crippen molar-refractivity contribution in [2.45, 2.75) is 26.5 Å². The second-order valence-corrected chi connectivity index (χ2v) is 6.30. The predicted molar refractivity (Wildman–Crippen MR) is 101 cm³/mol. The Labute approximate surface area is 163 Å². The first-order chi connectivity index (χ1) is 13.6. The van der Waals surface area contributed by atoms with Crippen molar-refractivity contribution in [3.63, 3.8) is 0 Å². The molecule has 0 spiro atoms. The summed E-state index contributed by atoms with van der Waals surface area (Å²) in [4.78, 5) is 24.9. The molecule has 3 heterocycles. The zero-order chi connectivity index (χ0) is 19.9. The number of furan rings is 1. The molecule has 1 N–H and O–H groups in total. The van der Waals surface area contributed by atoms with Gasteiger partial charge in [-0.3, -0.25) is 9.79 Å². The maximum absolute atomic E-state index is 12.4. The van der Waals surface area contributed by atoms with Crippen molar-refractivity contribution in [2.75, 3.05) is 39.8 Å². The largest absolute Gasteiger partial charge is 0.459 e. The van der Waals surface area contributed by atoms with Crippen LogP contribution in [0, 0.1) is 0 Å². The Morgan fingerprint density at radius 3 is 2.75 bits per heavy atom. The Bertz CT molecular complexity index is 780. The van der Waals surface area contributed by atoms with Crippen LogP contribution >= 0.6 is 0 Å². The first-order valence-electron chi connectivity index (χ1n) is 9.34. The number of hydrogen-bond donors (Lipinski definition) is 1. The van der Waals surface area contributed by atoms with E-state index < -0.39 is 0 Å². The Kier molecular flexibility index (Phi) is 6.64. The number of rotatable bonds is 6. The highest BCUT2D eigenvalue weighted by atomic mass is 16.5. The maximum atomic E-state index is 12.4. The number of carbonyl (C=O) groups is 1. The molecule has 1 aliphatic heterocycles. The summed E-state index contributed by atoms with van der Waals surface area (Å²) >= 11 is 0. The van der Waals surface area contributed by atoms with Crippen LogP contribution in [0.5, 0.6) is 0 Å². The van der Waals surface area contributed by atoms with E-state index in [4.69, 9.17) is 13.7 Å². The van der Waals surface area contributed by atoms with Gasteiger partial charge in [0.2, 0.25) is 5.89 Å². The Balaban J connectivity index is 1.49. The molecule has 0 aromatic carbocycles. The standard InChI is InChI=1S/C18H26N6O4/c1-4-26-13(2)16-21-15(28-22-16)12-20-18(19-3)24-9-7-23(8-10-24)17(25)14-6-5-11-27-14/h5-6,11,13H,4,7-10,12H2,1-3H3,(H,19,20). The van der Waals surface area contributed by atoms with Gasteiger partial charge in [0.15, 0.2) is 17.5 Å². The van der Waals surface area contributed by atoms with Crippen LogP contribution in [-0.2, 0) is 11.3 Å². The van der Waals surface area contributed by atoms with Crippen LogP contribution < -0.4 is 5.32 Å². The number of aromatic nitrogens is 2. The van der Waals surface area contributed by atoms with Gasteiger partial charge in [0, 0.05) is 39.8 Å². The molecule has 1 amide bonds. The maximum Gasteiger partial charge on any atom is 0.289 e. The number of hydrogen-bond acceptors (Lipinski definition) is 7. The molecule has 28 heavy (non-hydrogen) atoms. The van der Waals surface area contributed by atoms with Crippen molar-refractivity contribution in [2.24, 2.45) is 4.99 Å². The van der Waals surface area contributed by atoms with Crippen molar-refractivity contribution in [1.82, 2.24) is 25.3 Å². The minimum atomic E-state index is -0.207. The smallest absolute Gasteiger partial charge is 0.289 e. The van der Waals surface area contributed by atoms with Crippen LogP contribution in [0.3, 0.4) is 0 Å². The third kappa shape index (κ3) is 4.69. The topological polar surface area (TPSA) is 109 Å². The van der Waals surface area contributed by atoms with E-state index in [1.807, 2.05) is 13.8 Å². The monoisotopic (exact) mass is 390 g/mol. The van der Waals surface area contributed by atoms with Crippen LogP contribution in [-0.4, -0.2) is 71.6 Å². The van der Waals surface area contributed by atoms with Crippen molar-refractivity contribution in [1.29, 1.82) is 0 Å². The normalized spacial score (nSPS) is 16.3. The molecular weight excluding hydrogens is 364 g/mol. The molecule has 3 rings (SSSR count). The van der Waals surface area contributed by atoms with E-state index in [0.29, 0.717) is 56.8 Å². The zero-order valence-electron chi connectivity index (χ0n) is 16.4. The van der Waals surface area contributed by atoms with Gasteiger partial charge in [-0.05, 0) is 26.0 Å². The first kappa shape index (κ1) is 19.9. The highest BCUT2D eigenvalue weighted by molar-refractivity contribution is 5.91. The molecule has 10 nitrogen and oxygen atoms in total. The summed E-state index contributed by atoms with van der Waals surface area (Å²) < 4.78 is 15.9. The minimum Gasteiger partial charge on any atom is -0.459 e. The van der Waals surface area contributed by atoms with E-state index in [0.717, 1.165) is 5.96 Å². The first-order valence-corrected chi connectivity index (χ1v) is 9.34. The van der Waals surface area contributed by atoms with Gasteiger partial charge in [0.05, 0.1) is 12.8 Å². The summed E-state index contributed by atoms with van der Waals surface area (Å²) in [6.07, 6.45) is 1.30. The fourth-order valence-electron chi connectivity index (χ4n) is 2.99. The molecule has 1 unspecified atom stereocenters. The highest BCUT2D eigenvalue weighted by Crippen LogP contribution is 2.13. The van der Waals surface area contributed by atoms with Gasteiger partial charge in [-0.15, -0.1) is 0 Å². The molecule has 2 aromatic heterocycles. The third-order valence-electron chi connectivity index (χ3n) is 4.47. The van der Waals surface area contributed by atoms with E-state index >= 15 is 0 Å². The number of amides is 1. The molecule has 2 aromatic rings. The SMILES string of the molecule is CCOC(C)c1noc(CNC(=NC)N2CCN(C(=O)c3ccco3)CC2)n1. The van der Waals surface area contributed by atoms with E-state index in [-0.39, 0.29) is 12.0 Å². The van der Waals surface area contributed by atoms with E-state index in [1.54, 1.807) is 24.1 Å². The Morgan fingerprint density at radius 2 is 2.11 bits per heavy atom. The number of piperazine rings is 1. The van der Waals surface area contributed by atoms with Gasteiger partial charge < -0.3 is 28.8 Å². The second-order valence-electron chi connectivity index (χ2n) is 6.30. The summed E-state index contributed by atoms with van der Waals surface area (Å²) in [6.45, 7) is 7.28.